The van der Waals surface area contributed by atoms with Gasteiger partial charge in [-0.3, -0.25) is 49.5 Å². The van der Waals surface area contributed by atoms with Crippen molar-refractivity contribution in [2.45, 2.75) is 121 Å². The van der Waals surface area contributed by atoms with Crippen LogP contribution in [0.4, 0.5) is 26.7 Å². The first-order valence-corrected chi connectivity index (χ1v) is 26.1. The zero-order chi connectivity index (χ0) is 54.1. The Hall–Kier alpha value is -4.94. The van der Waals surface area contributed by atoms with Crippen molar-refractivity contribution in [3.8, 4) is 0 Å². The molecule has 0 aromatic carbocycles. The molecule has 3 amide bonds. The fourth-order valence-electron chi connectivity index (χ4n) is 15.6. The van der Waals surface area contributed by atoms with Gasteiger partial charge in [0.15, 0.2) is 46.8 Å². The van der Waals surface area contributed by atoms with E-state index in [4.69, 9.17) is 33.0 Å². The Morgan fingerprint density at radius 1 is 0.716 bits per heavy atom. The molecule has 0 radical (unpaired) electrons. The number of imide groups is 1. The Morgan fingerprint density at radius 3 is 1.72 bits per heavy atom. The van der Waals surface area contributed by atoms with Gasteiger partial charge >= 0.3 is 23.6 Å². The van der Waals surface area contributed by atoms with Gasteiger partial charge in [0.25, 0.3) is 5.91 Å². The third-order valence-corrected chi connectivity index (χ3v) is 20.9. The molecule has 74 heavy (non-hydrogen) atoms. The average molecular weight is 1040 g/mol. The average Bonchev–Trinajstić information content (AvgIpc) is 3.98. The summed E-state index contributed by atoms with van der Waals surface area (Å²) >= 11 is 0. The number of amides is 3. The van der Waals surface area contributed by atoms with Gasteiger partial charge in [0.2, 0.25) is 0 Å². The monoisotopic (exact) mass is 1040 g/mol. The molecule has 1 spiro atoms. The van der Waals surface area contributed by atoms with Crippen LogP contribution in [0.5, 0.6) is 0 Å². The first-order chi connectivity index (χ1) is 34.6. The van der Waals surface area contributed by atoms with Crippen LogP contribution in [0.1, 0.15) is 67.2 Å². The van der Waals surface area contributed by atoms with Crippen LogP contribution < -0.4 is 22.1 Å². The molecule has 2 aliphatic heterocycles. The van der Waals surface area contributed by atoms with Crippen LogP contribution in [-0.2, 0) is 38.3 Å². The number of rotatable bonds is 2. The highest BCUT2D eigenvalue weighted by molar-refractivity contribution is 6.08. The standard InChI is InChI=1S/C9H11FN2O2.C8H11FN2.C8H10FNO4.C7H9FO.C7H7FO.C7H8O2.C7H8O/c1-3-4-2-5(10)9(6(3)4)7(13)11-8(14)12-9;1-4-5-3-6(9)8(10,11-2)7(4)5;9-3-1-2-4(6(11)12)5(2)8(3,10)7(13)14;2*1-3-4-2-5(8)7(9)6(3)4;1-2-3-4(2)6-7(9-6)5(3)8;1-4-5-2-3-6(8)7(4)5/h3-6H,2H2,1H3,(H2,11,12,13,14);4-7H,3,10H2,1H3;2-5H,1,10H2,(H,11,12)(H,13,14);3-6H,2H2,1H3;2-4,6H,1H3;2-4,6-7H,1H3;2-5,7H,1H3/t3-,4-,5-,6+,9-;4-,5-,6-,7+,8+;2-,3-,4-,5-,8-;3-,4-,5-,6+;3-,4-,6+;2-,3-,4+,6-,7+;4-,5-,7+/m0000010/s1. The molecule has 2 saturated heterocycles. The van der Waals surface area contributed by atoms with Crippen LogP contribution in [0.3, 0.4) is 0 Å². The van der Waals surface area contributed by atoms with Gasteiger partial charge in [-0.2, -0.15) is 0 Å². The fraction of sp³-hybridized carbons (Fsp3) is 0.755. The van der Waals surface area contributed by atoms with Crippen LogP contribution in [0.15, 0.2) is 24.1 Å². The topological polar surface area (TPSA) is 270 Å². The first-order valence-electron chi connectivity index (χ1n) is 26.1. The second-order valence-corrected chi connectivity index (χ2v) is 24.4. The summed E-state index contributed by atoms with van der Waals surface area (Å²) in [6.45, 7) is 19.2. The smallest absolute Gasteiger partial charge is 0.327 e. The summed E-state index contributed by atoms with van der Waals surface area (Å²) in [6.07, 6.45) is 1.92. The summed E-state index contributed by atoms with van der Waals surface area (Å²) in [5, 5.41) is 22.1. The van der Waals surface area contributed by atoms with Gasteiger partial charge in [-0.1, -0.05) is 47.6 Å². The number of aliphatic carboxylic acids is 2. The number of allylic oxidation sites excluding steroid dienone is 4. The van der Waals surface area contributed by atoms with Crippen LogP contribution in [0, 0.1) is 131 Å². The van der Waals surface area contributed by atoms with Crippen LogP contribution >= 0.6 is 0 Å². The number of carboxylic acids is 2. The first kappa shape index (κ1) is 52.5. The van der Waals surface area contributed by atoms with Crippen LogP contribution in [-0.4, -0.2) is 111 Å². The van der Waals surface area contributed by atoms with Gasteiger partial charge in [-0.15, -0.1) is 0 Å². The summed E-state index contributed by atoms with van der Waals surface area (Å²) in [5.41, 5.74) is 6.67. The molecular weight excluding hydrogens is 978 g/mol. The largest absolute Gasteiger partial charge is 0.481 e. The number of nitrogens with two attached hydrogens (primary N) is 2. The minimum absolute atomic E-state index is 0.00366. The minimum Gasteiger partial charge on any atom is -0.481 e. The molecule has 14 fully saturated rings. The van der Waals surface area contributed by atoms with E-state index in [1.807, 2.05) is 33.8 Å². The Balaban J connectivity index is 0.0000000996. The summed E-state index contributed by atoms with van der Waals surface area (Å²) in [6, 6.07) is -0.558. The molecular formula is C53H64F5N5O11. The zero-order valence-corrected chi connectivity index (χ0v) is 41.7. The quantitative estimate of drug-likeness (QED) is 0.0962. The van der Waals surface area contributed by atoms with E-state index in [1.165, 1.54) is 6.08 Å². The number of ether oxygens (including phenoxy) is 1. The molecule has 402 valence electrons. The van der Waals surface area contributed by atoms with Crippen LogP contribution in [0.25, 0.3) is 4.85 Å². The van der Waals surface area contributed by atoms with E-state index in [1.54, 1.807) is 6.08 Å². The minimum atomic E-state index is -1.99. The molecule has 2 heterocycles. The van der Waals surface area contributed by atoms with Gasteiger partial charge in [-0.05, 0) is 109 Å². The number of alkyl halides is 4. The van der Waals surface area contributed by atoms with Crippen molar-refractivity contribution in [3.05, 3.63) is 35.5 Å². The van der Waals surface area contributed by atoms with Gasteiger partial charge in [0.05, 0.1) is 17.9 Å². The lowest BCUT2D eigenvalue weighted by molar-refractivity contribution is -0.147. The molecule has 12 saturated carbocycles. The molecule has 16 nitrogen and oxygen atoms in total. The molecule has 0 unspecified atom stereocenters. The molecule has 14 aliphatic carbocycles. The molecule has 21 heteroatoms. The third-order valence-electron chi connectivity index (χ3n) is 20.9. The Bertz CT molecular complexity index is 2600. The third kappa shape index (κ3) is 7.93. The number of nitrogens with one attached hydrogen (secondary N) is 2. The summed E-state index contributed by atoms with van der Waals surface area (Å²) in [4.78, 5) is 90.5. The molecule has 0 bridgehead atoms. The number of carboxylic acid groups (broad SMARTS) is 2. The Labute approximate surface area is 423 Å². The van der Waals surface area contributed by atoms with Crippen molar-refractivity contribution < 1.29 is 75.3 Å². The summed E-state index contributed by atoms with van der Waals surface area (Å²) in [7, 11) is 0. The van der Waals surface area contributed by atoms with Crippen molar-refractivity contribution in [2.24, 2.45) is 136 Å². The van der Waals surface area contributed by atoms with E-state index in [0.29, 0.717) is 108 Å². The van der Waals surface area contributed by atoms with E-state index in [-0.39, 0.29) is 59.6 Å². The highest BCUT2D eigenvalue weighted by atomic mass is 19.1. The molecule has 16 rings (SSSR count). The predicted octanol–water partition coefficient (Wildman–Crippen LogP) is 4.54. The van der Waals surface area contributed by atoms with Gasteiger partial charge in [0, 0.05) is 41.4 Å². The Kier molecular flexibility index (Phi) is 12.5. The maximum absolute atomic E-state index is 13.7. The Morgan fingerprint density at radius 2 is 1.32 bits per heavy atom. The number of carbonyl (C=O) groups excluding carboxylic acids is 6. The van der Waals surface area contributed by atoms with Crippen molar-refractivity contribution >= 4 is 47.0 Å². The maximum Gasteiger partial charge on any atom is 0.327 e. The lowest BCUT2D eigenvalue weighted by Gasteiger charge is -2.26. The van der Waals surface area contributed by atoms with Gasteiger partial charge in [0.1, 0.15) is 24.0 Å². The van der Waals surface area contributed by atoms with Crippen LogP contribution in [0.2, 0.25) is 0 Å². The lowest BCUT2D eigenvalue weighted by Crippen LogP contribution is -2.56. The van der Waals surface area contributed by atoms with Crippen molar-refractivity contribution in [3.63, 3.8) is 0 Å². The predicted molar refractivity (Wildman–Crippen MR) is 248 cm³/mol. The highest BCUT2D eigenvalue weighted by Gasteiger charge is 2.77. The second kappa shape index (κ2) is 17.5. The molecule has 30 atom stereocenters. The number of ketones is 4. The fourth-order valence-corrected chi connectivity index (χ4v) is 15.6. The summed E-state index contributed by atoms with van der Waals surface area (Å²) < 4.78 is 69.9. The number of epoxide rings is 1. The number of fused-ring (bicyclic) bond motifs is 10. The van der Waals surface area contributed by atoms with E-state index >= 15 is 0 Å². The number of carbonyl (C=O) groups is 8. The maximum atomic E-state index is 13.7. The van der Waals surface area contributed by atoms with E-state index in [0.717, 1.165) is 0 Å². The molecule has 0 aromatic heterocycles. The highest BCUT2D eigenvalue weighted by Crippen LogP contribution is 2.66. The van der Waals surface area contributed by atoms with Gasteiger partial charge < -0.3 is 26.0 Å². The molecule has 8 N–H and O–H groups in total. The van der Waals surface area contributed by atoms with E-state index in [2.05, 4.69) is 29.3 Å². The lowest BCUT2D eigenvalue weighted by atomic mass is 9.89. The van der Waals surface area contributed by atoms with Crippen molar-refractivity contribution in [1.29, 1.82) is 0 Å². The van der Waals surface area contributed by atoms with Crippen molar-refractivity contribution in [1.82, 2.24) is 10.6 Å². The molecule has 16 aliphatic rings. The number of urea groups is 1. The van der Waals surface area contributed by atoms with E-state index < -0.39 is 88.9 Å². The number of hydrogen-bond donors (Lipinski definition) is 6. The number of Topliss-reactive ketones (excluding diaryl/α,β-unsaturated/α-hetero) is 3. The van der Waals surface area contributed by atoms with Crippen molar-refractivity contribution in [2.75, 3.05) is 0 Å². The van der Waals surface area contributed by atoms with Gasteiger partial charge in [-0.25, -0.2) is 33.3 Å². The number of halogens is 5. The normalized spacial score (nSPS) is 54.6. The molecule has 0 aromatic rings. The van der Waals surface area contributed by atoms with E-state index in [9.17, 15) is 60.3 Å². The SMILES string of the molecule is C[C@@H]1[C@H]2C(=O)[C@@H]3O[C@@H]3[C@@H]12.C[C@H]1[C@@H]2C=C(F)C(=O)[C@H]12.C[C@H]1[C@@H]2C=CC(=O)[C@H]12.C[C@H]1[C@@H]2C[C@H](F)C(=O)[C@H]12.C[C@H]1[C@@H]2C[C@H](F)[C@]3(NC(=O)NC3=O)[C@H]12.N[C@]1(C(=O)O)[C@H]2[C@@H](C[C@@H]1F)[C@@H]2C(=O)O.[C-]#[N+][C@@]1(N)[C@@H]2[C@@H](C)[C@@H]2C[C@@H]1F. The second-order valence-electron chi connectivity index (χ2n) is 24.4. The summed E-state index contributed by atoms with van der Waals surface area (Å²) in [5.74, 6) is 1.59. The number of hydrogen-bond acceptors (Lipinski definition) is 11. The number of nitrogens with zero attached hydrogens (tertiary/aromatic N) is 1. The zero-order valence-electron chi connectivity index (χ0n) is 41.7.